The first-order valence-electron chi connectivity index (χ1n) is 2.84. The molecule has 1 heterocycles. The maximum atomic E-state index is 10.8. The molecule has 1 amide bonds. The molecule has 1 aliphatic rings. The van der Waals surface area contributed by atoms with Gasteiger partial charge in [-0.25, -0.2) is 5.48 Å². The van der Waals surface area contributed by atoms with Crippen LogP contribution in [0.25, 0.3) is 0 Å². The molecule has 4 heteroatoms. The summed E-state index contributed by atoms with van der Waals surface area (Å²) in [5, 5.41) is 0. The Morgan fingerprint density at radius 2 is 2.56 bits per heavy atom. The normalized spacial score (nSPS) is 36.0. The lowest BCUT2D eigenvalue weighted by Gasteiger charge is -2.27. The Kier molecular flexibility index (Phi) is 1.42. The fourth-order valence-corrected chi connectivity index (χ4v) is 0.610. The van der Waals surface area contributed by atoms with E-state index in [1.54, 1.807) is 6.92 Å². The molecular weight excluding hydrogens is 120 g/mol. The number of hydroxylamine groups is 1. The van der Waals surface area contributed by atoms with E-state index in [1.807, 2.05) is 0 Å². The number of carbonyl (C=O) groups is 1. The maximum Gasteiger partial charge on any atom is 0.263 e. The molecule has 0 spiro atoms. The average molecular weight is 130 g/mol. The van der Waals surface area contributed by atoms with Crippen LogP contribution in [-0.4, -0.2) is 18.1 Å². The van der Waals surface area contributed by atoms with E-state index in [1.165, 1.54) is 0 Å². The van der Waals surface area contributed by atoms with Crippen LogP contribution in [0.2, 0.25) is 0 Å². The third-order valence-corrected chi connectivity index (χ3v) is 1.41. The molecule has 0 aliphatic carbocycles. The van der Waals surface area contributed by atoms with Crippen LogP contribution in [0.15, 0.2) is 0 Å². The Hall–Kier alpha value is -0.610. The minimum atomic E-state index is -0.738. The molecule has 4 nitrogen and oxygen atoms in total. The molecule has 0 aromatic heterocycles. The first kappa shape index (κ1) is 6.51. The van der Waals surface area contributed by atoms with E-state index >= 15 is 0 Å². The number of nitrogens with one attached hydrogen (secondary N) is 1. The molecule has 0 aromatic rings. The SMILES string of the molecule is C[C@@]1(N)CCONC1=O. The summed E-state index contributed by atoms with van der Waals surface area (Å²) >= 11 is 0. The van der Waals surface area contributed by atoms with Gasteiger partial charge in [0.25, 0.3) is 5.91 Å². The Morgan fingerprint density at radius 3 is 2.89 bits per heavy atom. The summed E-state index contributed by atoms with van der Waals surface area (Å²) < 4.78 is 0. The molecule has 1 aliphatic heterocycles. The largest absolute Gasteiger partial charge is 0.317 e. The molecule has 52 valence electrons. The van der Waals surface area contributed by atoms with Crippen molar-refractivity contribution in [3.8, 4) is 0 Å². The molecule has 1 saturated heterocycles. The van der Waals surface area contributed by atoms with E-state index in [0.717, 1.165) is 0 Å². The van der Waals surface area contributed by atoms with Crippen molar-refractivity contribution in [3.05, 3.63) is 0 Å². The van der Waals surface area contributed by atoms with Crippen LogP contribution >= 0.6 is 0 Å². The highest BCUT2D eigenvalue weighted by Crippen LogP contribution is 2.08. The Balaban J connectivity index is 2.60. The van der Waals surface area contributed by atoms with E-state index in [-0.39, 0.29) is 5.91 Å². The molecular formula is C5H10N2O2. The topological polar surface area (TPSA) is 64.3 Å². The van der Waals surface area contributed by atoms with Crippen LogP contribution in [0.4, 0.5) is 0 Å². The maximum absolute atomic E-state index is 10.8. The molecule has 1 rings (SSSR count). The zero-order valence-corrected chi connectivity index (χ0v) is 5.31. The summed E-state index contributed by atoms with van der Waals surface area (Å²) in [6.07, 6.45) is 0.582. The molecule has 0 unspecified atom stereocenters. The summed E-state index contributed by atoms with van der Waals surface area (Å²) in [5.41, 5.74) is 7.00. The number of carbonyl (C=O) groups excluding carboxylic acids is 1. The van der Waals surface area contributed by atoms with Gasteiger partial charge in [0, 0.05) is 6.42 Å². The van der Waals surface area contributed by atoms with Crippen LogP contribution in [0.1, 0.15) is 13.3 Å². The van der Waals surface area contributed by atoms with Gasteiger partial charge >= 0.3 is 0 Å². The zero-order valence-electron chi connectivity index (χ0n) is 5.31. The van der Waals surface area contributed by atoms with E-state index in [9.17, 15) is 4.79 Å². The van der Waals surface area contributed by atoms with Crippen molar-refractivity contribution in [2.45, 2.75) is 18.9 Å². The lowest BCUT2D eigenvalue weighted by Crippen LogP contribution is -2.55. The van der Waals surface area contributed by atoms with E-state index < -0.39 is 5.54 Å². The summed E-state index contributed by atoms with van der Waals surface area (Å²) in [6.45, 7) is 2.18. The van der Waals surface area contributed by atoms with Crippen LogP contribution in [0.3, 0.4) is 0 Å². The van der Waals surface area contributed by atoms with Gasteiger partial charge < -0.3 is 5.73 Å². The lowest BCUT2D eigenvalue weighted by atomic mass is 9.99. The smallest absolute Gasteiger partial charge is 0.263 e. The lowest BCUT2D eigenvalue weighted by molar-refractivity contribution is -0.146. The summed E-state index contributed by atoms with van der Waals surface area (Å²) in [5.74, 6) is -0.242. The van der Waals surface area contributed by atoms with Gasteiger partial charge in [0.1, 0.15) is 0 Å². The molecule has 0 bridgehead atoms. The number of amides is 1. The second-order valence-corrected chi connectivity index (χ2v) is 2.45. The Bertz CT molecular complexity index is 133. The summed E-state index contributed by atoms with van der Waals surface area (Å²) in [6, 6.07) is 0. The van der Waals surface area contributed by atoms with Crippen LogP contribution in [0, 0.1) is 0 Å². The van der Waals surface area contributed by atoms with Crippen molar-refractivity contribution in [1.82, 2.24) is 5.48 Å². The van der Waals surface area contributed by atoms with Crippen molar-refractivity contribution in [2.24, 2.45) is 5.73 Å². The fourth-order valence-electron chi connectivity index (χ4n) is 0.610. The molecule has 0 saturated carbocycles. The second-order valence-electron chi connectivity index (χ2n) is 2.45. The molecule has 1 atom stereocenters. The molecule has 9 heavy (non-hydrogen) atoms. The predicted molar refractivity (Wildman–Crippen MR) is 31.3 cm³/mol. The monoisotopic (exact) mass is 130 g/mol. The molecule has 3 N–H and O–H groups in total. The predicted octanol–water partition coefficient (Wildman–Crippen LogP) is -0.845. The van der Waals surface area contributed by atoms with Crippen molar-refractivity contribution in [1.29, 1.82) is 0 Å². The number of hydrogen-bond acceptors (Lipinski definition) is 3. The minimum Gasteiger partial charge on any atom is -0.317 e. The van der Waals surface area contributed by atoms with Gasteiger partial charge in [0.15, 0.2) is 0 Å². The van der Waals surface area contributed by atoms with Crippen molar-refractivity contribution in [3.63, 3.8) is 0 Å². The standard InChI is InChI=1S/C5H10N2O2/c1-5(6)2-3-9-7-4(5)8/h2-3,6H2,1H3,(H,7,8)/t5-/m1/s1. The third kappa shape index (κ3) is 1.20. The molecule has 0 aromatic carbocycles. The highest BCUT2D eigenvalue weighted by Gasteiger charge is 2.31. The zero-order chi connectivity index (χ0) is 6.91. The second kappa shape index (κ2) is 1.97. The van der Waals surface area contributed by atoms with Crippen molar-refractivity contribution in [2.75, 3.05) is 6.61 Å². The highest BCUT2D eigenvalue weighted by molar-refractivity contribution is 5.85. The number of hydrogen-bond donors (Lipinski definition) is 2. The highest BCUT2D eigenvalue weighted by atomic mass is 16.7. The van der Waals surface area contributed by atoms with E-state index in [4.69, 9.17) is 5.73 Å². The van der Waals surface area contributed by atoms with Gasteiger partial charge in [0.05, 0.1) is 12.1 Å². The first-order valence-corrected chi connectivity index (χ1v) is 2.84. The molecule has 1 fully saturated rings. The Morgan fingerprint density at radius 1 is 1.89 bits per heavy atom. The van der Waals surface area contributed by atoms with Gasteiger partial charge in [-0.3, -0.25) is 9.63 Å². The Labute approximate surface area is 53.3 Å². The fraction of sp³-hybridized carbons (Fsp3) is 0.800. The van der Waals surface area contributed by atoms with Gasteiger partial charge in [-0.1, -0.05) is 0 Å². The van der Waals surface area contributed by atoms with Gasteiger partial charge in [-0.2, -0.15) is 0 Å². The first-order chi connectivity index (χ1) is 4.13. The summed E-state index contributed by atoms with van der Waals surface area (Å²) in [4.78, 5) is 15.4. The summed E-state index contributed by atoms with van der Waals surface area (Å²) in [7, 11) is 0. The van der Waals surface area contributed by atoms with Crippen molar-refractivity contribution < 1.29 is 9.63 Å². The van der Waals surface area contributed by atoms with E-state index in [2.05, 4.69) is 10.3 Å². The van der Waals surface area contributed by atoms with Gasteiger partial charge in [-0.05, 0) is 6.92 Å². The number of rotatable bonds is 0. The van der Waals surface area contributed by atoms with Gasteiger partial charge in [0.2, 0.25) is 0 Å². The van der Waals surface area contributed by atoms with Crippen molar-refractivity contribution >= 4 is 5.91 Å². The number of nitrogens with two attached hydrogens (primary N) is 1. The van der Waals surface area contributed by atoms with Crippen LogP contribution < -0.4 is 11.2 Å². The third-order valence-electron chi connectivity index (χ3n) is 1.41. The van der Waals surface area contributed by atoms with Gasteiger partial charge in [-0.15, -0.1) is 0 Å². The molecule has 0 radical (unpaired) electrons. The van der Waals surface area contributed by atoms with Crippen LogP contribution in [-0.2, 0) is 9.63 Å². The quantitative estimate of drug-likeness (QED) is 0.449. The average Bonchev–Trinajstić information content (AvgIpc) is 1.77. The minimum absolute atomic E-state index is 0.242. The van der Waals surface area contributed by atoms with E-state index in [0.29, 0.717) is 13.0 Å². The van der Waals surface area contributed by atoms with Crippen LogP contribution in [0.5, 0.6) is 0 Å².